The van der Waals surface area contributed by atoms with Gasteiger partial charge in [-0.1, -0.05) is 26.0 Å². The van der Waals surface area contributed by atoms with Gasteiger partial charge in [0.25, 0.3) is 5.91 Å². The summed E-state index contributed by atoms with van der Waals surface area (Å²) in [5.41, 5.74) is 0.777. The molecule has 0 spiro atoms. The highest BCUT2D eigenvalue weighted by atomic mass is 19.1. The molecule has 0 saturated carbocycles. The summed E-state index contributed by atoms with van der Waals surface area (Å²) in [5, 5.41) is 5.40. The van der Waals surface area contributed by atoms with Gasteiger partial charge in [-0.25, -0.2) is 4.39 Å². The van der Waals surface area contributed by atoms with E-state index < -0.39 is 11.9 Å². The largest absolute Gasteiger partial charge is 0.459 e. The maximum absolute atomic E-state index is 12.9. The summed E-state index contributed by atoms with van der Waals surface area (Å²) in [6, 6.07) is 8.31. The second kappa shape index (κ2) is 7.58. The van der Waals surface area contributed by atoms with Gasteiger partial charge in [0, 0.05) is 6.54 Å². The van der Waals surface area contributed by atoms with Crippen LogP contribution in [0.5, 0.6) is 0 Å². The fraction of sp³-hybridized carbons (Fsp3) is 0.294. The van der Waals surface area contributed by atoms with Crippen molar-refractivity contribution >= 4 is 11.8 Å². The van der Waals surface area contributed by atoms with E-state index in [2.05, 4.69) is 10.6 Å². The summed E-state index contributed by atoms with van der Waals surface area (Å²) in [6.45, 7) is 3.94. The van der Waals surface area contributed by atoms with E-state index in [1.807, 2.05) is 13.8 Å². The molecule has 6 heteroatoms. The molecule has 0 aliphatic carbocycles. The first-order valence-electron chi connectivity index (χ1n) is 7.34. The zero-order valence-electron chi connectivity index (χ0n) is 13.0. The van der Waals surface area contributed by atoms with Gasteiger partial charge in [0.2, 0.25) is 5.91 Å². The third-order valence-electron chi connectivity index (χ3n) is 3.36. The minimum atomic E-state index is -0.687. The average Bonchev–Trinajstić information content (AvgIpc) is 3.05. The van der Waals surface area contributed by atoms with Crippen LogP contribution < -0.4 is 10.6 Å². The molecule has 1 atom stereocenters. The van der Waals surface area contributed by atoms with Gasteiger partial charge in [-0.2, -0.15) is 0 Å². The topological polar surface area (TPSA) is 71.3 Å². The van der Waals surface area contributed by atoms with Crippen molar-refractivity contribution in [2.45, 2.75) is 26.4 Å². The Balaban J connectivity index is 1.95. The zero-order chi connectivity index (χ0) is 16.8. The number of rotatable bonds is 6. The molecule has 1 unspecified atom stereocenters. The summed E-state index contributed by atoms with van der Waals surface area (Å²) in [4.78, 5) is 24.3. The van der Waals surface area contributed by atoms with Gasteiger partial charge < -0.3 is 15.1 Å². The molecule has 0 fully saturated rings. The van der Waals surface area contributed by atoms with Crippen LogP contribution in [0.25, 0.3) is 0 Å². The van der Waals surface area contributed by atoms with Gasteiger partial charge in [-0.15, -0.1) is 0 Å². The Morgan fingerprint density at radius 3 is 2.43 bits per heavy atom. The van der Waals surface area contributed by atoms with E-state index >= 15 is 0 Å². The van der Waals surface area contributed by atoms with Crippen LogP contribution in [0, 0.1) is 11.7 Å². The number of furan rings is 1. The fourth-order valence-electron chi connectivity index (χ4n) is 2.06. The molecule has 2 amide bonds. The maximum atomic E-state index is 12.9. The standard InChI is InChI=1S/C17H19FN2O3/c1-11(2)15(20-16(21)14-4-3-9-23-14)17(22)19-10-12-5-7-13(18)8-6-12/h3-9,11,15H,10H2,1-2H3,(H,19,22)(H,20,21). The summed E-state index contributed by atoms with van der Waals surface area (Å²) in [7, 11) is 0. The van der Waals surface area contributed by atoms with Crippen molar-refractivity contribution in [2.24, 2.45) is 5.92 Å². The fourth-order valence-corrected chi connectivity index (χ4v) is 2.06. The summed E-state index contributed by atoms with van der Waals surface area (Å²) >= 11 is 0. The molecule has 23 heavy (non-hydrogen) atoms. The van der Waals surface area contributed by atoms with Crippen molar-refractivity contribution in [3.05, 3.63) is 59.8 Å². The van der Waals surface area contributed by atoms with E-state index in [0.717, 1.165) is 5.56 Å². The third kappa shape index (κ3) is 4.67. The normalized spacial score (nSPS) is 12.0. The second-order valence-corrected chi connectivity index (χ2v) is 5.52. The van der Waals surface area contributed by atoms with Crippen molar-refractivity contribution in [2.75, 3.05) is 0 Å². The van der Waals surface area contributed by atoms with Gasteiger partial charge >= 0.3 is 0 Å². The van der Waals surface area contributed by atoms with E-state index in [0.29, 0.717) is 0 Å². The molecule has 2 N–H and O–H groups in total. The number of carbonyl (C=O) groups excluding carboxylic acids is 2. The average molecular weight is 318 g/mol. The molecule has 0 radical (unpaired) electrons. The van der Waals surface area contributed by atoms with Crippen LogP contribution in [0.1, 0.15) is 30.0 Å². The van der Waals surface area contributed by atoms with E-state index in [4.69, 9.17) is 4.42 Å². The number of halogens is 1. The van der Waals surface area contributed by atoms with Gasteiger partial charge in [0.05, 0.1) is 6.26 Å². The first-order chi connectivity index (χ1) is 11.0. The molecule has 5 nitrogen and oxygen atoms in total. The van der Waals surface area contributed by atoms with Crippen LogP contribution in [-0.2, 0) is 11.3 Å². The first kappa shape index (κ1) is 16.7. The van der Waals surface area contributed by atoms with Gasteiger partial charge in [-0.05, 0) is 35.7 Å². The van der Waals surface area contributed by atoms with Crippen molar-refractivity contribution in [1.29, 1.82) is 0 Å². The van der Waals surface area contributed by atoms with Gasteiger partial charge in [0.15, 0.2) is 5.76 Å². The smallest absolute Gasteiger partial charge is 0.287 e. The van der Waals surface area contributed by atoms with Crippen molar-refractivity contribution in [3.63, 3.8) is 0 Å². The monoisotopic (exact) mass is 318 g/mol. The highest BCUT2D eigenvalue weighted by Crippen LogP contribution is 2.07. The van der Waals surface area contributed by atoms with Crippen LogP contribution >= 0.6 is 0 Å². The molecule has 0 aliphatic heterocycles. The molecule has 2 aromatic rings. The Labute approximate surface area is 133 Å². The van der Waals surface area contributed by atoms with Crippen LogP contribution in [-0.4, -0.2) is 17.9 Å². The van der Waals surface area contributed by atoms with Crippen molar-refractivity contribution < 1.29 is 18.4 Å². The van der Waals surface area contributed by atoms with Crippen LogP contribution in [0.3, 0.4) is 0 Å². The molecule has 1 aromatic carbocycles. The molecule has 2 rings (SSSR count). The lowest BCUT2D eigenvalue weighted by Gasteiger charge is -2.21. The zero-order valence-corrected chi connectivity index (χ0v) is 13.0. The predicted octanol–water partition coefficient (Wildman–Crippen LogP) is 2.49. The minimum absolute atomic E-state index is 0.0952. The lowest BCUT2D eigenvalue weighted by molar-refractivity contribution is -0.124. The Kier molecular flexibility index (Phi) is 5.51. The Hall–Kier alpha value is -2.63. The van der Waals surface area contributed by atoms with E-state index in [1.54, 1.807) is 18.2 Å². The van der Waals surface area contributed by atoms with Crippen LogP contribution in [0.15, 0.2) is 47.1 Å². The predicted molar refractivity (Wildman–Crippen MR) is 83.0 cm³/mol. The number of nitrogens with one attached hydrogen (secondary N) is 2. The number of benzene rings is 1. The molecule has 0 aliphatic rings. The van der Waals surface area contributed by atoms with Gasteiger partial charge in [-0.3, -0.25) is 9.59 Å². The van der Waals surface area contributed by atoms with Crippen molar-refractivity contribution in [3.8, 4) is 0 Å². The van der Waals surface area contributed by atoms with E-state index in [1.165, 1.54) is 24.5 Å². The Morgan fingerprint density at radius 1 is 1.17 bits per heavy atom. The first-order valence-corrected chi connectivity index (χ1v) is 7.34. The minimum Gasteiger partial charge on any atom is -0.459 e. The lowest BCUT2D eigenvalue weighted by atomic mass is 10.0. The Morgan fingerprint density at radius 2 is 1.87 bits per heavy atom. The summed E-state index contributed by atoms with van der Waals surface area (Å²) in [5.74, 6) is -1.01. The van der Waals surface area contributed by atoms with E-state index in [-0.39, 0.29) is 29.9 Å². The number of hydrogen-bond donors (Lipinski definition) is 2. The summed E-state index contributed by atoms with van der Waals surface area (Å²) in [6.07, 6.45) is 1.40. The molecule has 0 saturated heterocycles. The van der Waals surface area contributed by atoms with Crippen LogP contribution in [0.4, 0.5) is 4.39 Å². The SMILES string of the molecule is CC(C)C(NC(=O)c1ccco1)C(=O)NCc1ccc(F)cc1. The Bertz CT molecular complexity index is 651. The van der Waals surface area contributed by atoms with E-state index in [9.17, 15) is 14.0 Å². The molecule has 0 bridgehead atoms. The highest BCUT2D eigenvalue weighted by Gasteiger charge is 2.25. The van der Waals surface area contributed by atoms with Gasteiger partial charge in [0.1, 0.15) is 11.9 Å². The molecule has 122 valence electrons. The molecule has 1 heterocycles. The second-order valence-electron chi connectivity index (χ2n) is 5.52. The lowest BCUT2D eigenvalue weighted by Crippen LogP contribution is -2.49. The molecular weight excluding hydrogens is 299 g/mol. The quantitative estimate of drug-likeness (QED) is 0.859. The maximum Gasteiger partial charge on any atom is 0.287 e. The van der Waals surface area contributed by atoms with Crippen molar-refractivity contribution in [1.82, 2.24) is 10.6 Å². The number of hydrogen-bond acceptors (Lipinski definition) is 3. The highest BCUT2D eigenvalue weighted by molar-refractivity contribution is 5.95. The molecular formula is C17H19FN2O3. The summed E-state index contributed by atoms with van der Waals surface area (Å²) < 4.78 is 17.9. The van der Waals surface area contributed by atoms with Crippen LogP contribution in [0.2, 0.25) is 0 Å². The number of carbonyl (C=O) groups is 2. The third-order valence-corrected chi connectivity index (χ3v) is 3.36. The number of amides is 2. The molecule has 1 aromatic heterocycles.